The molecular formula is C18H17BrN4O2S. The Hall–Kier alpha value is -2.19. The van der Waals surface area contributed by atoms with Gasteiger partial charge in [0.2, 0.25) is 5.88 Å². The molecule has 0 N–H and O–H groups in total. The molecule has 3 aromatic heterocycles. The monoisotopic (exact) mass is 432 g/mol. The smallest absolute Gasteiger partial charge is 0.272 e. The molecule has 4 rings (SSSR count). The van der Waals surface area contributed by atoms with Crippen LogP contribution < -0.4 is 4.74 Å². The summed E-state index contributed by atoms with van der Waals surface area (Å²) in [6.45, 7) is 1.22. The molecule has 1 saturated heterocycles. The molecule has 0 bridgehead atoms. The molecule has 1 unspecified atom stereocenters. The number of nitrogens with zero attached hydrogens (tertiary/aromatic N) is 4. The van der Waals surface area contributed by atoms with Crippen molar-refractivity contribution >= 4 is 33.2 Å². The lowest BCUT2D eigenvalue weighted by Crippen LogP contribution is -2.32. The zero-order valence-electron chi connectivity index (χ0n) is 14.1. The predicted molar refractivity (Wildman–Crippen MR) is 103 cm³/mol. The van der Waals surface area contributed by atoms with Crippen molar-refractivity contribution in [2.45, 2.75) is 12.5 Å². The van der Waals surface area contributed by atoms with Crippen LogP contribution in [0.3, 0.4) is 0 Å². The third kappa shape index (κ3) is 3.52. The van der Waals surface area contributed by atoms with Crippen LogP contribution in [-0.2, 0) is 7.05 Å². The Morgan fingerprint density at radius 1 is 1.38 bits per heavy atom. The van der Waals surface area contributed by atoms with Gasteiger partial charge in [0.1, 0.15) is 17.5 Å². The van der Waals surface area contributed by atoms with Gasteiger partial charge < -0.3 is 9.64 Å². The van der Waals surface area contributed by atoms with E-state index in [1.54, 1.807) is 29.3 Å². The van der Waals surface area contributed by atoms with Crippen molar-refractivity contribution in [3.63, 3.8) is 0 Å². The zero-order valence-corrected chi connectivity index (χ0v) is 16.5. The number of amides is 1. The van der Waals surface area contributed by atoms with Crippen LogP contribution in [0.15, 0.2) is 46.4 Å². The maximum atomic E-state index is 12.9. The summed E-state index contributed by atoms with van der Waals surface area (Å²) in [5.41, 5.74) is 1.42. The van der Waals surface area contributed by atoms with Gasteiger partial charge in [0.25, 0.3) is 5.91 Å². The van der Waals surface area contributed by atoms with Crippen molar-refractivity contribution in [3.05, 3.63) is 52.1 Å². The van der Waals surface area contributed by atoms with Gasteiger partial charge in [-0.15, -0.1) is 11.3 Å². The van der Waals surface area contributed by atoms with Gasteiger partial charge in [0.05, 0.1) is 11.4 Å². The summed E-state index contributed by atoms with van der Waals surface area (Å²) in [7, 11) is 1.81. The fourth-order valence-electron chi connectivity index (χ4n) is 2.99. The van der Waals surface area contributed by atoms with Crippen LogP contribution in [0.4, 0.5) is 0 Å². The molecule has 6 nitrogen and oxygen atoms in total. The average molecular weight is 433 g/mol. The van der Waals surface area contributed by atoms with Crippen LogP contribution in [0.1, 0.15) is 16.9 Å². The number of aromatic nitrogens is 3. The summed E-state index contributed by atoms with van der Waals surface area (Å²) in [5.74, 6) is 0.561. The van der Waals surface area contributed by atoms with Gasteiger partial charge in [-0.3, -0.25) is 9.48 Å². The minimum Gasteiger partial charge on any atom is -0.472 e. The number of hydrogen-bond donors (Lipinski definition) is 0. The van der Waals surface area contributed by atoms with Crippen LogP contribution in [-0.4, -0.2) is 44.8 Å². The first-order valence-corrected chi connectivity index (χ1v) is 9.93. The third-order valence-corrected chi connectivity index (χ3v) is 5.65. The van der Waals surface area contributed by atoms with Gasteiger partial charge in [-0.25, -0.2) is 4.98 Å². The van der Waals surface area contributed by atoms with Crippen LogP contribution in [0.25, 0.3) is 10.6 Å². The van der Waals surface area contributed by atoms with Crippen molar-refractivity contribution in [2.24, 2.45) is 7.05 Å². The van der Waals surface area contributed by atoms with Gasteiger partial charge in [-0.05, 0) is 39.5 Å². The summed E-state index contributed by atoms with van der Waals surface area (Å²) in [5, 5.41) is 6.48. The van der Waals surface area contributed by atoms with Crippen LogP contribution in [0, 0.1) is 0 Å². The number of rotatable bonds is 4. The maximum absolute atomic E-state index is 12.9. The van der Waals surface area contributed by atoms with Gasteiger partial charge in [-0.1, -0.05) is 6.07 Å². The van der Waals surface area contributed by atoms with E-state index >= 15 is 0 Å². The Labute approximate surface area is 163 Å². The number of ether oxygens (including phenoxy) is 1. The Morgan fingerprint density at radius 3 is 3.00 bits per heavy atom. The average Bonchev–Trinajstić information content (AvgIpc) is 3.37. The number of likely N-dealkylation sites (tertiary alicyclic amines) is 1. The summed E-state index contributed by atoms with van der Waals surface area (Å²) in [6.07, 6.45) is 2.45. The normalized spacial score (nSPS) is 16.8. The van der Waals surface area contributed by atoms with E-state index in [9.17, 15) is 4.79 Å². The van der Waals surface area contributed by atoms with E-state index in [0.29, 0.717) is 24.7 Å². The predicted octanol–water partition coefficient (Wildman–Crippen LogP) is 3.60. The molecule has 8 heteroatoms. The Kier molecular flexibility index (Phi) is 4.78. The first-order valence-electron chi connectivity index (χ1n) is 8.25. The molecule has 1 atom stereocenters. The van der Waals surface area contributed by atoms with E-state index in [1.165, 1.54) is 0 Å². The van der Waals surface area contributed by atoms with Crippen LogP contribution in [0.2, 0.25) is 0 Å². The largest absolute Gasteiger partial charge is 0.472 e. The molecule has 1 fully saturated rings. The highest BCUT2D eigenvalue weighted by atomic mass is 79.9. The molecule has 1 aliphatic heterocycles. The minimum absolute atomic E-state index is 0.0160. The van der Waals surface area contributed by atoms with Gasteiger partial charge in [0.15, 0.2) is 0 Å². The molecule has 0 aromatic carbocycles. The second kappa shape index (κ2) is 7.20. The van der Waals surface area contributed by atoms with Crippen LogP contribution >= 0.6 is 27.3 Å². The number of hydrogen-bond acceptors (Lipinski definition) is 5. The highest BCUT2D eigenvalue weighted by Gasteiger charge is 2.30. The molecular weight excluding hydrogens is 416 g/mol. The lowest BCUT2D eigenvalue weighted by Gasteiger charge is -2.16. The van der Waals surface area contributed by atoms with Crippen molar-refractivity contribution in [2.75, 3.05) is 13.1 Å². The molecule has 0 saturated carbocycles. The Morgan fingerprint density at radius 2 is 2.27 bits per heavy atom. The fraction of sp³-hybridized carbons (Fsp3) is 0.278. The molecule has 0 aliphatic carbocycles. The molecule has 0 spiro atoms. The SMILES string of the molecule is Cn1nc(-c2cccs2)cc1C(=O)N1CCC(Oc2ccc(Br)cn2)C1. The highest BCUT2D eigenvalue weighted by Crippen LogP contribution is 2.25. The lowest BCUT2D eigenvalue weighted by molar-refractivity contribution is 0.0760. The highest BCUT2D eigenvalue weighted by molar-refractivity contribution is 9.10. The first-order chi connectivity index (χ1) is 12.6. The number of thiophene rings is 1. The van der Waals surface area contributed by atoms with Crippen molar-refractivity contribution in [1.82, 2.24) is 19.7 Å². The Bertz CT molecular complexity index is 908. The number of carbonyl (C=O) groups is 1. The summed E-state index contributed by atoms with van der Waals surface area (Å²) in [4.78, 5) is 20.0. The summed E-state index contributed by atoms with van der Waals surface area (Å²) < 4.78 is 8.46. The summed E-state index contributed by atoms with van der Waals surface area (Å²) in [6, 6.07) is 9.56. The van der Waals surface area contributed by atoms with E-state index in [2.05, 4.69) is 26.0 Å². The zero-order chi connectivity index (χ0) is 18.1. The van der Waals surface area contributed by atoms with Gasteiger partial charge >= 0.3 is 0 Å². The molecule has 1 amide bonds. The Balaban J connectivity index is 1.44. The number of carbonyl (C=O) groups excluding carboxylic acids is 1. The number of aryl methyl sites for hydroxylation is 1. The molecule has 26 heavy (non-hydrogen) atoms. The standard InChI is InChI=1S/C18H17BrN4O2S/c1-22-15(9-14(21-22)16-3-2-8-26-16)18(24)23-7-6-13(11-23)25-17-5-4-12(19)10-20-17/h2-5,8-10,13H,6-7,11H2,1H3. The van der Waals surface area contributed by atoms with Gasteiger partial charge in [0, 0.05) is 36.7 Å². The second-order valence-electron chi connectivity index (χ2n) is 6.11. The summed E-state index contributed by atoms with van der Waals surface area (Å²) >= 11 is 4.97. The van der Waals surface area contributed by atoms with E-state index in [1.807, 2.05) is 40.6 Å². The number of pyridine rings is 1. The first kappa shape index (κ1) is 17.2. The third-order valence-electron chi connectivity index (χ3n) is 4.29. The van der Waals surface area contributed by atoms with E-state index in [-0.39, 0.29) is 12.0 Å². The quantitative estimate of drug-likeness (QED) is 0.631. The lowest BCUT2D eigenvalue weighted by atomic mass is 10.3. The van der Waals surface area contributed by atoms with Crippen LogP contribution in [0.5, 0.6) is 5.88 Å². The second-order valence-corrected chi connectivity index (χ2v) is 7.97. The number of halogens is 1. The fourth-order valence-corrected chi connectivity index (χ4v) is 3.90. The molecule has 0 radical (unpaired) electrons. The van der Waals surface area contributed by atoms with Crippen molar-refractivity contribution in [1.29, 1.82) is 0 Å². The molecule has 4 heterocycles. The topological polar surface area (TPSA) is 60.2 Å². The molecule has 3 aromatic rings. The molecule has 134 valence electrons. The molecule has 1 aliphatic rings. The van der Waals surface area contributed by atoms with E-state index in [4.69, 9.17) is 4.74 Å². The van der Waals surface area contributed by atoms with E-state index in [0.717, 1.165) is 21.5 Å². The minimum atomic E-state index is -0.0439. The van der Waals surface area contributed by atoms with Gasteiger partial charge in [-0.2, -0.15) is 5.10 Å². The van der Waals surface area contributed by atoms with Crippen molar-refractivity contribution in [3.8, 4) is 16.5 Å². The van der Waals surface area contributed by atoms with E-state index < -0.39 is 0 Å². The maximum Gasteiger partial charge on any atom is 0.272 e. The van der Waals surface area contributed by atoms with Crippen molar-refractivity contribution < 1.29 is 9.53 Å².